The van der Waals surface area contributed by atoms with Crippen LogP contribution in [0, 0.1) is 6.92 Å². The summed E-state index contributed by atoms with van der Waals surface area (Å²) in [4.78, 5) is 5.33. The van der Waals surface area contributed by atoms with Gasteiger partial charge in [0.1, 0.15) is 0 Å². The molecule has 10 rings (SSSR count). The van der Waals surface area contributed by atoms with Crippen LogP contribution in [0.2, 0.25) is 0 Å². The Bertz CT molecular complexity index is 3040. The molecule has 3 aliphatic rings. The highest BCUT2D eigenvalue weighted by atomic mass is 15.2. The van der Waals surface area contributed by atoms with Crippen molar-refractivity contribution in [1.82, 2.24) is 0 Å². The first-order valence-corrected chi connectivity index (χ1v) is 24.5. The molecule has 0 fully saturated rings. The number of hydrogen-bond acceptors (Lipinski definition) is 2. The van der Waals surface area contributed by atoms with Crippen LogP contribution in [0.3, 0.4) is 0 Å². The van der Waals surface area contributed by atoms with E-state index < -0.39 is 0 Å². The van der Waals surface area contributed by atoms with Gasteiger partial charge >= 0.3 is 0 Å². The van der Waals surface area contributed by atoms with Crippen LogP contribution in [-0.2, 0) is 27.1 Å². The fourth-order valence-corrected chi connectivity index (χ4v) is 11.2. The highest BCUT2D eigenvalue weighted by molar-refractivity contribution is 7.00. The molecule has 0 radical (unpaired) electrons. The van der Waals surface area contributed by atoms with Crippen LogP contribution in [0.15, 0.2) is 140 Å². The normalized spacial score (nSPS) is 16.1. The molecular weight excluding hydrogens is 796 g/mol. The monoisotopic (exact) mass is 865 g/mol. The molecule has 1 aliphatic carbocycles. The fraction of sp³-hybridized carbons (Fsp3) is 0.333. The van der Waals surface area contributed by atoms with Crippen LogP contribution in [0.4, 0.5) is 34.1 Å². The minimum Gasteiger partial charge on any atom is -0.311 e. The van der Waals surface area contributed by atoms with E-state index in [0.29, 0.717) is 0 Å². The molecule has 334 valence electrons. The van der Waals surface area contributed by atoms with E-state index in [9.17, 15) is 0 Å². The molecule has 0 bridgehead atoms. The summed E-state index contributed by atoms with van der Waals surface area (Å²) in [5.41, 5.74) is 24.9. The summed E-state index contributed by atoms with van der Waals surface area (Å²) in [6, 6.07) is 54.2. The Morgan fingerprint density at radius 3 is 1.45 bits per heavy atom. The van der Waals surface area contributed by atoms with Crippen LogP contribution in [-0.4, -0.2) is 6.71 Å². The molecular formula is C63H69BN2. The van der Waals surface area contributed by atoms with E-state index >= 15 is 0 Å². The van der Waals surface area contributed by atoms with Crippen molar-refractivity contribution in [2.75, 3.05) is 9.80 Å². The zero-order valence-electron chi connectivity index (χ0n) is 42.2. The predicted octanol–water partition coefficient (Wildman–Crippen LogP) is 15.7. The minimum atomic E-state index is -0.124. The third-order valence-electron chi connectivity index (χ3n) is 15.5. The molecule has 0 atom stereocenters. The molecule has 0 amide bonds. The van der Waals surface area contributed by atoms with Gasteiger partial charge in [-0.1, -0.05) is 181 Å². The molecule has 2 nitrogen and oxygen atoms in total. The van der Waals surface area contributed by atoms with Crippen LogP contribution in [0.25, 0.3) is 22.3 Å². The highest BCUT2D eigenvalue weighted by Gasteiger charge is 2.47. The van der Waals surface area contributed by atoms with Gasteiger partial charge in [-0.2, -0.15) is 0 Å². The van der Waals surface area contributed by atoms with Crippen molar-refractivity contribution >= 4 is 57.2 Å². The minimum absolute atomic E-state index is 0.0144. The Hall–Kier alpha value is -5.80. The first-order valence-electron chi connectivity index (χ1n) is 24.5. The van der Waals surface area contributed by atoms with Gasteiger partial charge in [-0.05, 0) is 162 Å². The first-order chi connectivity index (χ1) is 31.0. The Morgan fingerprint density at radius 1 is 0.409 bits per heavy atom. The van der Waals surface area contributed by atoms with Gasteiger partial charge in [-0.3, -0.25) is 0 Å². The largest absolute Gasteiger partial charge is 0.311 e. The van der Waals surface area contributed by atoms with Crippen molar-refractivity contribution in [2.24, 2.45) is 0 Å². The SMILES string of the molecule is Cc1cc(-c2ccccc2)ccc1N1c2cc3c(cc2B2c4cc(C(C)(C)C)ccc4N(c4ccc(C(C)(C)C)cc4-c4ccccc4)c4cc(C(C)(C)C)cc1c42)C(C)(C)CCC3(C)C. The van der Waals surface area contributed by atoms with Crippen molar-refractivity contribution in [3.8, 4) is 22.3 Å². The van der Waals surface area contributed by atoms with Crippen molar-refractivity contribution in [3.63, 3.8) is 0 Å². The van der Waals surface area contributed by atoms with Gasteiger partial charge in [-0.25, -0.2) is 0 Å². The Kier molecular flexibility index (Phi) is 10.1. The van der Waals surface area contributed by atoms with Gasteiger partial charge in [0.25, 0.3) is 6.71 Å². The third-order valence-corrected chi connectivity index (χ3v) is 15.5. The van der Waals surface area contributed by atoms with Gasteiger partial charge in [0.15, 0.2) is 0 Å². The summed E-state index contributed by atoms with van der Waals surface area (Å²) in [6.45, 7) is 33.5. The Morgan fingerprint density at radius 2 is 0.894 bits per heavy atom. The molecule has 2 aliphatic heterocycles. The second kappa shape index (κ2) is 15.1. The van der Waals surface area contributed by atoms with E-state index in [0.717, 1.165) is 0 Å². The Labute approximate surface area is 397 Å². The second-order valence-electron chi connectivity index (χ2n) is 24.2. The lowest BCUT2D eigenvalue weighted by Gasteiger charge is -2.48. The van der Waals surface area contributed by atoms with Gasteiger partial charge in [0.05, 0.1) is 5.69 Å². The lowest BCUT2D eigenvalue weighted by Crippen LogP contribution is -2.62. The van der Waals surface area contributed by atoms with Gasteiger partial charge in [-0.15, -0.1) is 0 Å². The lowest BCUT2D eigenvalue weighted by atomic mass is 9.32. The van der Waals surface area contributed by atoms with E-state index in [2.05, 4.69) is 246 Å². The molecule has 66 heavy (non-hydrogen) atoms. The van der Waals surface area contributed by atoms with Crippen LogP contribution < -0.4 is 26.2 Å². The first kappa shape index (κ1) is 44.1. The summed E-state index contributed by atoms with van der Waals surface area (Å²) < 4.78 is 0. The van der Waals surface area contributed by atoms with Crippen LogP contribution in [0.1, 0.15) is 136 Å². The van der Waals surface area contributed by atoms with Gasteiger partial charge in [0.2, 0.25) is 0 Å². The number of nitrogens with zero attached hydrogens (tertiary/aromatic N) is 2. The highest BCUT2D eigenvalue weighted by Crippen LogP contribution is 2.52. The summed E-state index contributed by atoms with van der Waals surface area (Å²) in [5.74, 6) is 0. The van der Waals surface area contributed by atoms with E-state index in [4.69, 9.17) is 0 Å². The van der Waals surface area contributed by atoms with Crippen molar-refractivity contribution in [1.29, 1.82) is 0 Å². The third kappa shape index (κ3) is 7.24. The van der Waals surface area contributed by atoms with Gasteiger partial charge < -0.3 is 9.80 Å². The molecule has 0 N–H and O–H groups in total. The summed E-state index contributed by atoms with van der Waals surface area (Å²) >= 11 is 0. The number of hydrogen-bond donors (Lipinski definition) is 0. The topological polar surface area (TPSA) is 6.48 Å². The van der Waals surface area contributed by atoms with Crippen molar-refractivity contribution in [3.05, 3.63) is 173 Å². The molecule has 0 saturated carbocycles. The summed E-state index contributed by atoms with van der Waals surface area (Å²) in [5, 5.41) is 0. The molecule has 0 saturated heterocycles. The fourth-order valence-electron chi connectivity index (χ4n) is 11.2. The molecule has 0 aromatic heterocycles. The summed E-state index contributed by atoms with van der Waals surface area (Å²) in [7, 11) is 0. The molecule has 2 heterocycles. The quantitative estimate of drug-likeness (QED) is 0.163. The standard InChI is InChI=1S/C63H69BN2/c1-40-33-43(41-21-17-15-18-22-41)25-28-52(40)65-55-39-49-48(62(11,12)31-32-63(49,13)14)38-51(55)64-50-35-45(60(5,6)7)27-30-54(50)66(57-37-46(61(8,9)10)36-56(65)58(57)64)53-29-26-44(59(2,3)4)34-47(53)42-23-19-16-20-24-42/h15-30,33-39H,31-32H2,1-14H3. The molecule has 7 aromatic carbocycles. The number of rotatable bonds is 4. The Balaban J connectivity index is 1.36. The number of benzene rings is 7. The number of aryl methyl sites for hydroxylation is 1. The van der Waals surface area contributed by atoms with Crippen LogP contribution >= 0.6 is 0 Å². The van der Waals surface area contributed by atoms with Crippen LogP contribution in [0.5, 0.6) is 0 Å². The number of fused-ring (bicyclic) bond motifs is 5. The maximum atomic E-state index is 2.68. The maximum absolute atomic E-state index is 2.68. The van der Waals surface area contributed by atoms with E-state index in [1.165, 1.54) is 119 Å². The van der Waals surface area contributed by atoms with Crippen molar-refractivity contribution in [2.45, 2.75) is 137 Å². The van der Waals surface area contributed by atoms with Crippen molar-refractivity contribution < 1.29 is 0 Å². The average Bonchev–Trinajstić information content (AvgIpc) is 3.27. The van der Waals surface area contributed by atoms with E-state index in [1.807, 2.05) is 0 Å². The predicted molar refractivity (Wildman–Crippen MR) is 287 cm³/mol. The number of anilines is 6. The molecule has 0 spiro atoms. The lowest BCUT2D eigenvalue weighted by molar-refractivity contribution is 0.332. The molecule has 7 aromatic rings. The zero-order chi connectivity index (χ0) is 46.9. The van der Waals surface area contributed by atoms with Gasteiger partial charge in [0, 0.05) is 34.0 Å². The van der Waals surface area contributed by atoms with E-state index in [-0.39, 0.29) is 33.8 Å². The smallest absolute Gasteiger partial charge is 0.252 e. The zero-order valence-corrected chi connectivity index (χ0v) is 42.2. The summed E-state index contributed by atoms with van der Waals surface area (Å²) in [6.07, 6.45) is 2.34. The maximum Gasteiger partial charge on any atom is 0.252 e. The molecule has 3 heteroatoms. The second-order valence-corrected chi connectivity index (χ2v) is 24.2. The van der Waals surface area contributed by atoms with E-state index in [1.54, 1.807) is 0 Å². The molecule has 0 unspecified atom stereocenters. The average molecular weight is 865 g/mol.